The molecule has 2 saturated heterocycles. The first-order valence-electron chi connectivity index (χ1n) is 10.8. The molecule has 0 aliphatic carbocycles. The second-order valence-electron chi connectivity index (χ2n) is 8.50. The average Bonchev–Trinajstić information content (AvgIpc) is 2.75. The van der Waals surface area contributed by atoms with E-state index in [1.54, 1.807) is 0 Å². The Morgan fingerprint density at radius 3 is 1.90 bits per heavy atom. The Morgan fingerprint density at radius 1 is 0.767 bits per heavy atom. The van der Waals surface area contributed by atoms with Crippen LogP contribution in [0.25, 0.3) is 0 Å². The zero-order chi connectivity index (χ0) is 21.3. The quantitative estimate of drug-likeness (QED) is 0.776. The van der Waals surface area contributed by atoms with Gasteiger partial charge in [0.1, 0.15) is 17.5 Å². The highest BCUT2D eigenvalue weighted by molar-refractivity contribution is 5.94. The molecule has 4 rings (SSSR count). The molecule has 0 atom stereocenters. The van der Waals surface area contributed by atoms with Gasteiger partial charge in [-0.2, -0.15) is 0 Å². The van der Waals surface area contributed by atoms with E-state index in [4.69, 9.17) is 4.98 Å². The summed E-state index contributed by atoms with van der Waals surface area (Å²) in [5.41, 5.74) is 3.15. The van der Waals surface area contributed by atoms with Crippen molar-refractivity contribution in [1.82, 2.24) is 19.8 Å². The van der Waals surface area contributed by atoms with E-state index < -0.39 is 0 Å². The first-order chi connectivity index (χ1) is 14.4. The zero-order valence-corrected chi connectivity index (χ0v) is 18.6. The van der Waals surface area contributed by atoms with Gasteiger partial charge >= 0.3 is 0 Å². The van der Waals surface area contributed by atoms with Crippen LogP contribution in [0.1, 0.15) is 27.3 Å². The predicted octanol–water partition coefficient (Wildman–Crippen LogP) is 2.12. The molecular weight excluding hydrogens is 376 g/mol. The minimum absolute atomic E-state index is 0.120. The molecule has 0 unspecified atom stereocenters. The Bertz CT molecular complexity index is 914. The number of hydrogen-bond acceptors (Lipinski definition) is 6. The Morgan fingerprint density at radius 2 is 1.33 bits per heavy atom. The van der Waals surface area contributed by atoms with Crippen LogP contribution in [0.4, 0.5) is 11.6 Å². The second kappa shape index (κ2) is 8.60. The number of piperazine rings is 2. The number of anilines is 2. The third-order valence-corrected chi connectivity index (χ3v) is 6.28. The topological polar surface area (TPSA) is 55.8 Å². The van der Waals surface area contributed by atoms with E-state index in [-0.39, 0.29) is 5.91 Å². The van der Waals surface area contributed by atoms with Gasteiger partial charge in [-0.3, -0.25) is 4.79 Å². The molecule has 7 heteroatoms. The number of carbonyl (C=O) groups excluding carboxylic acids is 1. The maximum Gasteiger partial charge on any atom is 0.253 e. The summed E-state index contributed by atoms with van der Waals surface area (Å²) < 4.78 is 0. The molecule has 0 radical (unpaired) electrons. The summed E-state index contributed by atoms with van der Waals surface area (Å²) in [5, 5.41) is 0. The fourth-order valence-electron chi connectivity index (χ4n) is 4.09. The molecule has 0 spiro atoms. The van der Waals surface area contributed by atoms with Crippen molar-refractivity contribution in [2.75, 3.05) is 69.2 Å². The largest absolute Gasteiger partial charge is 0.354 e. The van der Waals surface area contributed by atoms with Gasteiger partial charge in [0.05, 0.1) is 0 Å². The lowest BCUT2D eigenvalue weighted by Crippen LogP contribution is -2.49. The zero-order valence-electron chi connectivity index (χ0n) is 18.6. The van der Waals surface area contributed by atoms with Crippen LogP contribution in [-0.4, -0.2) is 85.1 Å². The predicted molar refractivity (Wildman–Crippen MR) is 121 cm³/mol. The van der Waals surface area contributed by atoms with Gasteiger partial charge in [-0.1, -0.05) is 6.07 Å². The smallest absolute Gasteiger partial charge is 0.253 e. The van der Waals surface area contributed by atoms with Gasteiger partial charge in [-0.25, -0.2) is 9.97 Å². The highest BCUT2D eigenvalue weighted by Gasteiger charge is 2.24. The van der Waals surface area contributed by atoms with E-state index in [0.717, 1.165) is 67.9 Å². The molecule has 2 aliphatic rings. The van der Waals surface area contributed by atoms with Crippen molar-refractivity contribution < 1.29 is 4.79 Å². The van der Waals surface area contributed by atoms with Gasteiger partial charge < -0.3 is 19.6 Å². The van der Waals surface area contributed by atoms with Crippen LogP contribution in [0, 0.1) is 20.8 Å². The molecule has 7 nitrogen and oxygen atoms in total. The highest BCUT2D eigenvalue weighted by atomic mass is 16.2. The number of aromatic nitrogens is 2. The van der Waals surface area contributed by atoms with E-state index in [0.29, 0.717) is 13.1 Å². The number of nitrogens with zero attached hydrogens (tertiary/aromatic N) is 6. The van der Waals surface area contributed by atoms with Crippen molar-refractivity contribution in [2.45, 2.75) is 20.8 Å². The van der Waals surface area contributed by atoms with Gasteiger partial charge in [0.2, 0.25) is 0 Å². The lowest BCUT2D eigenvalue weighted by Gasteiger charge is -2.37. The van der Waals surface area contributed by atoms with E-state index in [9.17, 15) is 4.79 Å². The summed E-state index contributed by atoms with van der Waals surface area (Å²) >= 11 is 0. The maximum absolute atomic E-state index is 12.9. The second-order valence-corrected chi connectivity index (χ2v) is 8.50. The molecule has 3 heterocycles. The number of rotatable bonds is 3. The summed E-state index contributed by atoms with van der Waals surface area (Å²) in [4.78, 5) is 31.2. The van der Waals surface area contributed by atoms with Gasteiger partial charge in [-0.15, -0.1) is 0 Å². The summed E-state index contributed by atoms with van der Waals surface area (Å²) in [5.74, 6) is 2.90. The number of benzene rings is 1. The normalized spacial score (nSPS) is 18.1. The Balaban J connectivity index is 1.42. The number of likely N-dealkylation sites (N-methyl/N-ethyl adjacent to an activating group) is 1. The third-order valence-electron chi connectivity index (χ3n) is 6.28. The van der Waals surface area contributed by atoms with Crippen molar-refractivity contribution >= 4 is 17.5 Å². The number of amides is 1. The number of carbonyl (C=O) groups is 1. The fourth-order valence-corrected chi connectivity index (χ4v) is 4.09. The van der Waals surface area contributed by atoms with Gasteiger partial charge in [-0.05, 0) is 51.1 Å². The number of hydrogen-bond donors (Lipinski definition) is 0. The standard InChI is InChI=1S/C23H32N6O/c1-17-5-6-20(15-18(17)2)23(30)29-13-11-28(12-14-29)22-16-21(24-19(3)25-22)27-9-7-26(4)8-10-27/h5-6,15-16H,7-14H2,1-4H3. The molecule has 0 bridgehead atoms. The fraction of sp³-hybridized carbons (Fsp3) is 0.522. The SMILES string of the molecule is Cc1nc(N2CCN(C)CC2)cc(N2CCN(C(=O)c3ccc(C)c(C)c3)CC2)n1. The molecule has 2 aromatic rings. The van der Waals surface area contributed by atoms with Crippen molar-refractivity contribution in [3.8, 4) is 0 Å². The number of aryl methyl sites for hydroxylation is 3. The Hall–Kier alpha value is -2.67. The molecule has 1 aromatic heterocycles. The van der Waals surface area contributed by atoms with Crippen LogP contribution in [-0.2, 0) is 0 Å². The molecule has 2 aliphatic heterocycles. The monoisotopic (exact) mass is 408 g/mol. The van der Waals surface area contributed by atoms with Gasteiger partial charge in [0.25, 0.3) is 5.91 Å². The minimum Gasteiger partial charge on any atom is -0.354 e. The molecule has 1 amide bonds. The van der Waals surface area contributed by atoms with Crippen molar-refractivity contribution in [3.63, 3.8) is 0 Å². The minimum atomic E-state index is 0.120. The molecule has 30 heavy (non-hydrogen) atoms. The summed E-state index contributed by atoms with van der Waals surface area (Å²) in [6.45, 7) is 13.2. The Labute approximate surface area is 179 Å². The molecule has 160 valence electrons. The van der Waals surface area contributed by atoms with Crippen LogP contribution < -0.4 is 9.80 Å². The van der Waals surface area contributed by atoms with Crippen molar-refractivity contribution in [2.24, 2.45) is 0 Å². The average molecular weight is 409 g/mol. The van der Waals surface area contributed by atoms with Crippen LogP contribution in [0.3, 0.4) is 0 Å². The van der Waals surface area contributed by atoms with E-state index in [1.807, 2.05) is 30.0 Å². The lowest BCUT2D eigenvalue weighted by atomic mass is 10.1. The van der Waals surface area contributed by atoms with Crippen LogP contribution in [0.2, 0.25) is 0 Å². The Kier molecular flexibility index (Phi) is 5.90. The first-order valence-corrected chi connectivity index (χ1v) is 10.8. The first kappa shape index (κ1) is 20.6. The van der Waals surface area contributed by atoms with Crippen LogP contribution in [0.15, 0.2) is 24.3 Å². The third kappa shape index (κ3) is 4.41. The van der Waals surface area contributed by atoms with E-state index in [2.05, 4.69) is 46.6 Å². The summed E-state index contributed by atoms with van der Waals surface area (Å²) in [7, 11) is 2.16. The van der Waals surface area contributed by atoms with Crippen LogP contribution in [0.5, 0.6) is 0 Å². The van der Waals surface area contributed by atoms with Crippen LogP contribution >= 0.6 is 0 Å². The summed E-state index contributed by atoms with van der Waals surface area (Å²) in [6.07, 6.45) is 0. The maximum atomic E-state index is 12.9. The van der Waals surface area contributed by atoms with Gasteiger partial charge in [0.15, 0.2) is 0 Å². The van der Waals surface area contributed by atoms with E-state index >= 15 is 0 Å². The lowest BCUT2D eigenvalue weighted by molar-refractivity contribution is 0.0746. The highest BCUT2D eigenvalue weighted by Crippen LogP contribution is 2.22. The molecule has 0 saturated carbocycles. The van der Waals surface area contributed by atoms with E-state index in [1.165, 1.54) is 5.56 Å². The van der Waals surface area contributed by atoms with Crippen molar-refractivity contribution in [3.05, 3.63) is 46.8 Å². The molecule has 2 fully saturated rings. The molecular formula is C23H32N6O. The molecule has 1 aromatic carbocycles. The van der Waals surface area contributed by atoms with Gasteiger partial charge in [0, 0.05) is 64.0 Å². The summed E-state index contributed by atoms with van der Waals surface area (Å²) in [6, 6.07) is 8.08. The molecule has 0 N–H and O–H groups in total. The van der Waals surface area contributed by atoms with Crippen molar-refractivity contribution in [1.29, 1.82) is 0 Å².